The summed E-state index contributed by atoms with van der Waals surface area (Å²) in [7, 11) is 0. The number of aliphatic hydroxyl groups excluding tert-OH is 1. The van der Waals surface area contributed by atoms with Crippen LogP contribution in [0.1, 0.15) is 20.8 Å². The Bertz CT molecular complexity index is 333. The third kappa shape index (κ3) is 4.13. The second-order valence-electron chi connectivity index (χ2n) is 5.13. The molecule has 2 unspecified atom stereocenters. The molecule has 0 aromatic heterocycles. The van der Waals surface area contributed by atoms with Gasteiger partial charge in [0.1, 0.15) is 5.60 Å². The Hall–Kier alpha value is -1.46. The Morgan fingerprint density at radius 1 is 1.59 bits per heavy atom. The smallest absolute Gasteiger partial charge is 0.410 e. The lowest BCUT2D eigenvalue weighted by molar-refractivity contribution is 0.0270. The second-order valence-corrected chi connectivity index (χ2v) is 5.13. The molecule has 17 heavy (non-hydrogen) atoms. The molecule has 0 aliphatic carbocycles. The Morgan fingerprint density at radius 2 is 2.24 bits per heavy atom. The number of azide groups is 1. The molecule has 0 bridgehead atoms. The van der Waals surface area contributed by atoms with Crippen molar-refractivity contribution in [3.05, 3.63) is 10.4 Å². The van der Waals surface area contributed by atoms with E-state index in [1.165, 1.54) is 4.90 Å². The average Bonchev–Trinajstić information content (AvgIpc) is 2.54. The van der Waals surface area contributed by atoms with Crippen molar-refractivity contribution < 1.29 is 14.6 Å². The van der Waals surface area contributed by atoms with E-state index < -0.39 is 17.8 Å². The molecule has 0 aromatic carbocycles. The van der Waals surface area contributed by atoms with Gasteiger partial charge in [0.2, 0.25) is 0 Å². The van der Waals surface area contributed by atoms with Gasteiger partial charge in [-0.15, -0.1) is 0 Å². The molecule has 2 atom stereocenters. The maximum absolute atomic E-state index is 11.7. The van der Waals surface area contributed by atoms with E-state index in [0.29, 0.717) is 6.54 Å². The van der Waals surface area contributed by atoms with Crippen molar-refractivity contribution in [1.29, 1.82) is 0 Å². The Morgan fingerprint density at radius 3 is 2.76 bits per heavy atom. The van der Waals surface area contributed by atoms with E-state index in [0.717, 1.165) is 0 Å². The fourth-order valence-electron chi connectivity index (χ4n) is 1.65. The molecule has 0 saturated carbocycles. The van der Waals surface area contributed by atoms with Gasteiger partial charge in [0, 0.05) is 23.9 Å². The molecule has 7 nitrogen and oxygen atoms in total. The highest BCUT2D eigenvalue weighted by Gasteiger charge is 2.35. The lowest BCUT2D eigenvalue weighted by Crippen LogP contribution is -2.35. The van der Waals surface area contributed by atoms with Crippen LogP contribution in [-0.2, 0) is 4.74 Å². The quantitative estimate of drug-likeness (QED) is 0.451. The summed E-state index contributed by atoms with van der Waals surface area (Å²) in [6.45, 7) is 6.13. The van der Waals surface area contributed by atoms with Crippen LogP contribution in [0.25, 0.3) is 10.4 Å². The number of ether oxygens (including phenoxy) is 1. The maximum Gasteiger partial charge on any atom is 0.410 e. The molecule has 1 aliphatic rings. The van der Waals surface area contributed by atoms with Gasteiger partial charge in [-0.3, -0.25) is 0 Å². The molecule has 0 radical (unpaired) electrons. The molecular weight excluding hydrogens is 224 g/mol. The van der Waals surface area contributed by atoms with Gasteiger partial charge >= 0.3 is 6.09 Å². The van der Waals surface area contributed by atoms with Crippen LogP contribution in [0.15, 0.2) is 5.11 Å². The van der Waals surface area contributed by atoms with Crippen LogP contribution in [0, 0.1) is 5.92 Å². The Balaban J connectivity index is 2.53. The number of carbonyl (C=O) groups excluding carboxylic acids is 1. The number of carbonyl (C=O) groups is 1. The fraction of sp³-hybridized carbons (Fsp3) is 0.900. The van der Waals surface area contributed by atoms with Crippen LogP contribution in [0.5, 0.6) is 0 Å². The number of rotatable bonds is 2. The predicted octanol–water partition coefficient (Wildman–Crippen LogP) is 1.52. The van der Waals surface area contributed by atoms with Gasteiger partial charge in [-0.2, -0.15) is 0 Å². The monoisotopic (exact) mass is 242 g/mol. The van der Waals surface area contributed by atoms with E-state index >= 15 is 0 Å². The number of likely N-dealkylation sites (tertiary alicyclic amines) is 1. The highest BCUT2D eigenvalue weighted by atomic mass is 16.6. The van der Waals surface area contributed by atoms with E-state index in [-0.39, 0.29) is 19.0 Å². The molecule has 1 heterocycles. The highest BCUT2D eigenvalue weighted by molar-refractivity contribution is 5.68. The normalized spacial score (nSPS) is 24.4. The zero-order valence-electron chi connectivity index (χ0n) is 10.3. The molecule has 1 saturated heterocycles. The molecule has 1 rings (SSSR count). The van der Waals surface area contributed by atoms with Crippen LogP contribution in [0.3, 0.4) is 0 Å². The van der Waals surface area contributed by atoms with Crippen LogP contribution in [0.2, 0.25) is 0 Å². The summed E-state index contributed by atoms with van der Waals surface area (Å²) in [4.78, 5) is 15.8. The largest absolute Gasteiger partial charge is 0.444 e. The minimum Gasteiger partial charge on any atom is -0.444 e. The number of hydrogen-bond acceptors (Lipinski definition) is 4. The SMILES string of the molecule is CC(C)(C)OC(=O)N1CC(O)C(CN=[N+]=[N-])C1. The first-order chi connectivity index (χ1) is 7.83. The second kappa shape index (κ2) is 5.25. The minimum atomic E-state index is -0.659. The average molecular weight is 242 g/mol. The molecular formula is C10H18N4O3. The first-order valence-corrected chi connectivity index (χ1v) is 5.50. The molecule has 96 valence electrons. The standard InChI is InChI=1S/C10H18N4O3/c1-10(2,3)17-9(16)14-5-7(4-12-13-11)8(15)6-14/h7-8,15H,4-6H2,1-3H3. The van der Waals surface area contributed by atoms with Crippen LogP contribution < -0.4 is 0 Å². The van der Waals surface area contributed by atoms with Gasteiger partial charge in [-0.1, -0.05) is 5.11 Å². The van der Waals surface area contributed by atoms with Gasteiger partial charge in [0.25, 0.3) is 0 Å². The van der Waals surface area contributed by atoms with Crippen molar-refractivity contribution >= 4 is 6.09 Å². The summed E-state index contributed by atoms with van der Waals surface area (Å²) in [5.41, 5.74) is 7.66. The van der Waals surface area contributed by atoms with Crippen molar-refractivity contribution in [2.24, 2.45) is 11.0 Å². The Kier molecular flexibility index (Phi) is 4.20. The first kappa shape index (κ1) is 13.6. The van der Waals surface area contributed by atoms with Crippen molar-refractivity contribution in [2.75, 3.05) is 19.6 Å². The molecule has 1 amide bonds. The molecule has 0 aromatic rings. The summed E-state index contributed by atoms with van der Waals surface area (Å²) >= 11 is 0. The predicted molar refractivity (Wildman–Crippen MR) is 61.3 cm³/mol. The molecule has 7 heteroatoms. The van der Waals surface area contributed by atoms with Crippen molar-refractivity contribution in [3.63, 3.8) is 0 Å². The van der Waals surface area contributed by atoms with Gasteiger partial charge in [-0.25, -0.2) is 4.79 Å². The molecule has 1 fully saturated rings. The summed E-state index contributed by atoms with van der Waals surface area (Å²) in [6, 6.07) is 0. The lowest BCUT2D eigenvalue weighted by atomic mass is 10.1. The lowest BCUT2D eigenvalue weighted by Gasteiger charge is -2.24. The van der Waals surface area contributed by atoms with E-state index in [4.69, 9.17) is 10.3 Å². The van der Waals surface area contributed by atoms with Gasteiger partial charge < -0.3 is 14.7 Å². The minimum absolute atomic E-state index is 0.191. The van der Waals surface area contributed by atoms with Gasteiger partial charge in [0.05, 0.1) is 12.6 Å². The first-order valence-electron chi connectivity index (χ1n) is 5.50. The van der Waals surface area contributed by atoms with Crippen LogP contribution in [-0.4, -0.2) is 47.4 Å². The topological polar surface area (TPSA) is 98.5 Å². The van der Waals surface area contributed by atoms with Crippen LogP contribution in [0.4, 0.5) is 4.79 Å². The fourth-order valence-corrected chi connectivity index (χ4v) is 1.65. The number of aliphatic hydroxyl groups is 1. The zero-order valence-corrected chi connectivity index (χ0v) is 10.3. The molecule has 0 spiro atoms. The number of amides is 1. The van der Waals surface area contributed by atoms with E-state index in [9.17, 15) is 9.90 Å². The summed E-state index contributed by atoms with van der Waals surface area (Å²) in [6.07, 6.45) is -1.10. The van der Waals surface area contributed by atoms with E-state index in [2.05, 4.69) is 10.0 Å². The van der Waals surface area contributed by atoms with Crippen LogP contribution >= 0.6 is 0 Å². The van der Waals surface area contributed by atoms with Gasteiger partial charge in [-0.05, 0) is 26.3 Å². The number of hydrogen-bond donors (Lipinski definition) is 1. The third-order valence-corrected chi connectivity index (χ3v) is 2.44. The van der Waals surface area contributed by atoms with Crippen molar-refractivity contribution in [2.45, 2.75) is 32.5 Å². The highest BCUT2D eigenvalue weighted by Crippen LogP contribution is 2.20. The van der Waals surface area contributed by atoms with Crippen molar-refractivity contribution in [3.8, 4) is 0 Å². The maximum atomic E-state index is 11.7. The van der Waals surface area contributed by atoms with E-state index in [1.807, 2.05) is 0 Å². The summed E-state index contributed by atoms with van der Waals surface area (Å²) < 4.78 is 5.20. The van der Waals surface area contributed by atoms with E-state index in [1.54, 1.807) is 20.8 Å². The summed E-state index contributed by atoms with van der Waals surface area (Å²) in [5, 5.41) is 13.1. The zero-order chi connectivity index (χ0) is 13.1. The van der Waals surface area contributed by atoms with Gasteiger partial charge in [0.15, 0.2) is 0 Å². The third-order valence-electron chi connectivity index (χ3n) is 2.44. The molecule has 1 aliphatic heterocycles. The number of β-amino-alcohol motifs (C(OH)–C–C–N with tert-alkyl or cyclic N) is 1. The van der Waals surface area contributed by atoms with Crippen molar-refractivity contribution in [1.82, 2.24) is 4.90 Å². The Labute approximate surface area is 100.0 Å². The number of nitrogens with zero attached hydrogens (tertiary/aromatic N) is 4. The molecule has 1 N–H and O–H groups in total. The summed E-state index contributed by atoms with van der Waals surface area (Å²) in [5.74, 6) is -0.210.